The number of pyridine rings is 1. The highest BCUT2D eigenvalue weighted by Crippen LogP contribution is 2.22. The molecule has 0 saturated carbocycles. The molecular formula is C21H23N3O2. The lowest BCUT2D eigenvalue weighted by Gasteiger charge is -2.36. The first-order chi connectivity index (χ1) is 12.5. The Kier molecular flexibility index (Phi) is 5.24. The number of morpholine rings is 1. The van der Waals surface area contributed by atoms with Gasteiger partial charge < -0.3 is 14.5 Å². The number of aromatic nitrogens is 1. The van der Waals surface area contributed by atoms with E-state index in [0.29, 0.717) is 5.69 Å². The van der Waals surface area contributed by atoms with Crippen molar-refractivity contribution in [3.63, 3.8) is 0 Å². The van der Waals surface area contributed by atoms with Gasteiger partial charge in [0.25, 0.3) is 5.91 Å². The molecule has 1 aliphatic rings. The van der Waals surface area contributed by atoms with E-state index in [0.717, 1.165) is 30.0 Å². The highest BCUT2D eigenvalue weighted by molar-refractivity contribution is 6.04. The van der Waals surface area contributed by atoms with Crippen LogP contribution in [0, 0.1) is 12.3 Å². The fourth-order valence-corrected chi connectivity index (χ4v) is 3.22. The fraction of sp³-hybridized carbons (Fsp3) is 0.333. The van der Waals surface area contributed by atoms with Crippen molar-refractivity contribution in [1.29, 1.82) is 0 Å². The van der Waals surface area contributed by atoms with Crippen molar-refractivity contribution < 1.29 is 9.53 Å². The highest BCUT2D eigenvalue weighted by Gasteiger charge is 2.23. The van der Waals surface area contributed by atoms with Crippen LogP contribution in [0.2, 0.25) is 0 Å². The van der Waals surface area contributed by atoms with Gasteiger partial charge >= 0.3 is 0 Å². The van der Waals surface area contributed by atoms with Crippen LogP contribution in [-0.4, -0.2) is 43.2 Å². The van der Waals surface area contributed by atoms with Crippen LogP contribution in [0.1, 0.15) is 29.9 Å². The summed E-state index contributed by atoms with van der Waals surface area (Å²) in [4.78, 5) is 20.9. The van der Waals surface area contributed by atoms with E-state index in [1.54, 1.807) is 18.1 Å². The van der Waals surface area contributed by atoms with Crippen LogP contribution >= 0.6 is 0 Å². The molecule has 1 aromatic heterocycles. The number of terminal acetylenes is 1. The second-order valence-corrected chi connectivity index (χ2v) is 6.62. The Morgan fingerprint density at radius 3 is 2.69 bits per heavy atom. The van der Waals surface area contributed by atoms with Gasteiger partial charge in [0.2, 0.25) is 0 Å². The zero-order chi connectivity index (χ0) is 18.7. The van der Waals surface area contributed by atoms with Crippen LogP contribution < -0.4 is 9.80 Å². The molecular weight excluding hydrogens is 326 g/mol. The molecule has 0 aliphatic carbocycles. The number of hydrogen-bond donors (Lipinski definition) is 0. The lowest BCUT2D eigenvalue weighted by atomic mass is 10.1. The molecule has 1 fully saturated rings. The monoisotopic (exact) mass is 349 g/mol. The standard InChI is InChI=1S/C21H23N3O2/c1-5-17-7-6-8-18(11-17)23(4)21(25)20-12-19(9-10-22-20)24-13-15(2)26-16(3)14-24/h1,6-12,15-16H,13-14H2,2-4H3/t15-,16-/m0/s1. The van der Waals surface area contributed by atoms with Gasteiger partial charge in [-0.05, 0) is 44.2 Å². The molecule has 1 saturated heterocycles. The van der Waals surface area contributed by atoms with Crippen LogP contribution in [0.4, 0.5) is 11.4 Å². The Bertz CT molecular complexity index is 833. The van der Waals surface area contributed by atoms with Crippen LogP contribution in [0.3, 0.4) is 0 Å². The van der Waals surface area contributed by atoms with Crippen LogP contribution in [0.5, 0.6) is 0 Å². The van der Waals surface area contributed by atoms with Gasteiger partial charge in [-0.3, -0.25) is 9.78 Å². The Morgan fingerprint density at radius 2 is 2.00 bits per heavy atom. The van der Waals surface area contributed by atoms with Gasteiger partial charge in [-0.25, -0.2) is 0 Å². The van der Waals surface area contributed by atoms with E-state index >= 15 is 0 Å². The minimum atomic E-state index is -0.171. The number of carbonyl (C=O) groups is 1. The first kappa shape index (κ1) is 18.0. The molecule has 1 amide bonds. The Morgan fingerprint density at radius 1 is 1.27 bits per heavy atom. The Balaban J connectivity index is 1.83. The summed E-state index contributed by atoms with van der Waals surface area (Å²) in [7, 11) is 1.73. The normalized spacial score (nSPS) is 19.7. The highest BCUT2D eigenvalue weighted by atomic mass is 16.5. The van der Waals surface area contributed by atoms with Crippen molar-refractivity contribution in [2.75, 3.05) is 29.9 Å². The molecule has 2 atom stereocenters. The molecule has 3 rings (SSSR count). The van der Waals surface area contributed by atoms with Crippen molar-refractivity contribution >= 4 is 17.3 Å². The smallest absolute Gasteiger partial charge is 0.276 e. The Labute approximate surface area is 154 Å². The summed E-state index contributed by atoms with van der Waals surface area (Å²) in [5.74, 6) is 2.42. The number of carbonyl (C=O) groups excluding carboxylic acids is 1. The first-order valence-corrected chi connectivity index (χ1v) is 8.69. The second-order valence-electron chi connectivity index (χ2n) is 6.62. The lowest BCUT2D eigenvalue weighted by Crippen LogP contribution is -2.45. The lowest BCUT2D eigenvalue weighted by molar-refractivity contribution is -0.00522. The van der Waals surface area contributed by atoms with E-state index in [4.69, 9.17) is 11.2 Å². The molecule has 1 aromatic carbocycles. The molecule has 0 unspecified atom stereocenters. The summed E-state index contributed by atoms with van der Waals surface area (Å²) in [6.45, 7) is 5.70. The molecule has 5 heteroatoms. The van der Waals surface area contributed by atoms with Crippen LogP contribution in [-0.2, 0) is 4.74 Å². The number of benzene rings is 1. The van der Waals surface area contributed by atoms with Gasteiger partial charge in [-0.2, -0.15) is 0 Å². The predicted molar refractivity (Wildman–Crippen MR) is 104 cm³/mol. The quantitative estimate of drug-likeness (QED) is 0.800. The summed E-state index contributed by atoms with van der Waals surface area (Å²) in [6, 6.07) is 11.1. The predicted octanol–water partition coefficient (Wildman–Crippen LogP) is 2.95. The molecule has 2 aromatic rings. The molecule has 1 aliphatic heterocycles. The third kappa shape index (κ3) is 3.87. The summed E-state index contributed by atoms with van der Waals surface area (Å²) in [5.41, 5.74) is 2.87. The van der Waals surface area contributed by atoms with E-state index in [2.05, 4.69) is 29.7 Å². The molecule has 0 spiro atoms. The van der Waals surface area contributed by atoms with Crippen molar-refractivity contribution in [3.05, 3.63) is 53.9 Å². The first-order valence-electron chi connectivity index (χ1n) is 8.69. The van der Waals surface area contributed by atoms with Crippen molar-refractivity contribution in [3.8, 4) is 12.3 Å². The molecule has 2 heterocycles. The SMILES string of the molecule is C#Cc1cccc(N(C)C(=O)c2cc(N3C[C@H](C)O[C@@H](C)C3)ccn2)c1. The Hall–Kier alpha value is -2.84. The number of rotatable bonds is 3. The fourth-order valence-electron chi connectivity index (χ4n) is 3.22. The van der Waals surface area contributed by atoms with E-state index in [1.807, 2.05) is 36.4 Å². The van der Waals surface area contributed by atoms with Gasteiger partial charge in [-0.1, -0.05) is 12.0 Å². The molecule has 134 valence electrons. The maximum atomic E-state index is 12.9. The zero-order valence-corrected chi connectivity index (χ0v) is 15.3. The van der Waals surface area contributed by atoms with Gasteiger partial charge in [0.1, 0.15) is 5.69 Å². The average Bonchev–Trinajstić information content (AvgIpc) is 2.66. The van der Waals surface area contributed by atoms with Gasteiger partial charge in [-0.15, -0.1) is 6.42 Å². The van der Waals surface area contributed by atoms with E-state index in [1.165, 1.54) is 0 Å². The van der Waals surface area contributed by atoms with Gasteiger partial charge in [0.15, 0.2) is 0 Å². The summed E-state index contributed by atoms with van der Waals surface area (Å²) in [5, 5.41) is 0. The molecule has 5 nitrogen and oxygen atoms in total. The largest absolute Gasteiger partial charge is 0.372 e. The van der Waals surface area contributed by atoms with Crippen LogP contribution in [0.25, 0.3) is 0 Å². The number of nitrogens with zero attached hydrogens (tertiary/aromatic N) is 3. The molecule has 26 heavy (non-hydrogen) atoms. The topological polar surface area (TPSA) is 45.7 Å². The second kappa shape index (κ2) is 7.59. The molecule has 0 bridgehead atoms. The maximum absolute atomic E-state index is 12.9. The van der Waals surface area contributed by atoms with Gasteiger partial charge in [0, 0.05) is 43.3 Å². The van der Waals surface area contributed by atoms with Crippen molar-refractivity contribution in [2.24, 2.45) is 0 Å². The summed E-state index contributed by atoms with van der Waals surface area (Å²) in [6.07, 6.45) is 7.44. The average molecular weight is 349 g/mol. The zero-order valence-electron chi connectivity index (χ0n) is 15.3. The van der Waals surface area contributed by atoms with E-state index in [-0.39, 0.29) is 18.1 Å². The maximum Gasteiger partial charge on any atom is 0.276 e. The van der Waals surface area contributed by atoms with Crippen LogP contribution in [0.15, 0.2) is 42.6 Å². The van der Waals surface area contributed by atoms with Crippen molar-refractivity contribution in [2.45, 2.75) is 26.1 Å². The number of amides is 1. The van der Waals surface area contributed by atoms with E-state index in [9.17, 15) is 4.79 Å². The molecule has 0 radical (unpaired) electrons. The minimum absolute atomic E-state index is 0.153. The number of hydrogen-bond acceptors (Lipinski definition) is 4. The number of anilines is 2. The van der Waals surface area contributed by atoms with Crippen molar-refractivity contribution in [1.82, 2.24) is 4.98 Å². The number of ether oxygens (including phenoxy) is 1. The molecule has 0 N–H and O–H groups in total. The van der Waals surface area contributed by atoms with E-state index < -0.39 is 0 Å². The summed E-state index contributed by atoms with van der Waals surface area (Å²) < 4.78 is 5.78. The minimum Gasteiger partial charge on any atom is -0.372 e. The third-order valence-electron chi connectivity index (χ3n) is 4.45. The summed E-state index contributed by atoms with van der Waals surface area (Å²) >= 11 is 0. The third-order valence-corrected chi connectivity index (χ3v) is 4.45. The van der Waals surface area contributed by atoms with Gasteiger partial charge in [0.05, 0.1) is 12.2 Å².